The first-order valence-corrected chi connectivity index (χ1v) is 7.04. The molecule has 2 rings (SSSR count). The average Bonchev–Trinajstić information content (AvgIpc) is 2.85. The topological polar surface area (TPSA) is 75.4 Å². The maximum absolute atomic E-state index is 12.1. The number of amides is 1. The number of rotatable bonds is 3. The number of aryl methyl sites for hydroxylation is 1. The van der Waals surface area contributed by atoms with E-state index in [1.165, 1.54) is 6.33 Å². The van der Waals surface area contributed by atoms with Gasteiger partial charge in [0.1, 0.15) is 12.0 Å². The molecule has 1 N–H and O–H groups in total. The molecule has 2 aromatic heterocycles. The van der Waals surface area contributed by atoms with Crippen molar-refractivity contribution in [2.45, 2.75) is 6.18 Å². The second-order valence-electron chi connectivity index (χ2n) is 5.24. The number of carbonyl (C=O) groups is 1. The van der Waals surface area contributed by atoms with Gasteiger partial charge in [-0.2, -0.15) is 13.2 Å². The highest BCUT2D eigenvalue weighted by atomic mass is 19.4. The fraction of sp³-hybridized carbons (Fsp3) is 0.333. The molecule has 0 aliphatic rings. The van der Waals surface area contributed by atoms with Crippen LogP contribution in [0.5, 0.6) is 0 Å². The van der Waals surface area contributed by atoms with Crippen LogP contribution in [0.1, 0.15) is 5.56 Å². The van der Waals surface area contributed by atoms with Crippen LogP contribution in [0.25, 0.3) is 11.0 Å². The Morgan fingerprint density at radius 2 is 2.16 bits per heavy atom. The summed E-state index contributed by atoms with van der Waals surface area (Å²) in [4.78, 5) is 25.0. The van der Waals surface area contributed by atoms with E-state index in [-0.39, 0.29) is 0 Å². The predicted octanol–water partition coefficient (Wildman–Crippen LogP) is 1.22. The first kappa shape index (κ1) is 18.3. The Kier molecular flexibility index (Phi) is 5.26. The van der Waals surface area contributed by atoms with Gasteiger partial charge in [0.15, 0.2) is 5.82 Å². The molecule has 0 radical (unpaired) electrons. The summed E-state index contributed by atoms with van der Waals surface area (Å²) in [6, 6.07) is 0. The van der Waals surface area contributed by atoms with Gasteiger partial charge in [0.25, 0.3) is 0 Å². The SMILES string of the molecule is CN(C)C=Nc1ncnc2c1c(C#CCNC(=O)C(F)(F)F)cn2C. The van der Waals surface area contributed by atoms with E-state index in [2.05, 4.69) is 26.8 Å². The third kappa shape index (κ3) is 4.47. The van der Waals surface area contributed by atoms with Crippen molar-refractivity contribution in [3.05, 3.63) is 18.1 Å². The molecule has 2 heterocycles. The van der Waals surface area contributed by atoms with Crippen LogP contribution < -0.4 is 5.32 Å². The summed E-state index contributed by atoms with van der Waals surface area (Å²) in [5.74, 6) is 3.58. The van der Waals surface area contributed by atoms with Crippen LogP contribution in [0.15, 0.2) is 17.5 Å². The smallest absolute Gasteiger partial charge is 0.369 e. The first-order chi connectivity index (χ1) is 11.7. The molecule has 7 nitrogen and oxygen atoms in total. The lowest BCUT2D eigenvalue weighted by molar-refractivity contribution is -0.173. The molecule has 25 heavy (non-hydrogen) atoms. The van der Waals surface area contributed by atoms with Crippen molar-refractivity contribution in [1.29, 1.82) is 0 Å². The lowest BCUT2D eigenvalue weighted by Gasteiger charge is -2.04. The zero-order chi connectivity index (χ0) is 18.6. The van der Waals surface area contributed by atoms with E-state index in [1.807, 2.05) is 0 Å². The molecule has 0 atom stereocenters. The van der Waals surface area contributed by atoms with Gasteiger partial charge in [0.2, 0.25) is 0 Å². The summed E-state index contributed by atoms with van der Waals surface area (Å²) < 4.78 is 38.1. The Balaban J connectivity index is 2.30. The number of hydrogen-bond donors (Lipinski definition) is 1. The molecule has 0 saturated heterocycles. The summed E-state index contributed by atoms with van der Waals surface area (Å²) in [6.07, 6.45) is -0.323. The number of alkyl halides is 3. The number of fused-ring (bicyclic) bond motifs is 1. The van der Waals surface area contributed by atoms with E-state index in [4.69, 9.17) is 0 Å². The number of halogens is 3. The van der Waals surface area contributed by atoms with Gasteiger partial charge in [-0.15, -0.1) is 0 Å². The first-order valence-electron chi connectivity index (χ1n) is 7.04. The van der Waals surface area contributed by atoms with Crippen LogP contribution in [0.2, 0.25) is 0 Å². The highest BCUT2D eigenvalue weighted by molar-refractivity contribution is 5.93. The molecule has 0 fully saturated rings. The third-order valence-electron chi connectivity index (χ3n) is 2.96. The fourth-order valence-electron chi connectivity index (χ4n) is 1.92. The lowest BCUT2D eigenvalue weighted by atomic mass is 10.2. The molecule has 1 amide bonds. The maximum atomic E-state index is 12.1. The van der Waals surface area contributed by atoms with E-state index in [0.717, 1.165) is 0 Å². The Hall–Kier alpha value is -3.09. The number of nitrogens with one attached hydrogen (secondary N) is 1. The molecule has 132 valence electrons. The van der Waals surface area contributed by atoms with Crippen molar-refractivity contribution >= 4 is 29.1 Å². The third-order valence-corrected chi connectivity index (χ3v) is 2.96. The summed E-state index contributed by atoms with van der Waals surface area (Å²) in [7, 11) is 5.36. The number of nitrogens with zero attached hydrogens (tertiary/aromatic N) is 5. The standard InChI is InChI=1S/C15H15F3N6O/c1-23(2)9-22-12-11-10(7-24(3)13(11)21-8-20-12)5-4-6-19-14(25)15(16,17)18/h7-9H,6H2,1-3H3,(H,19,25). The van der Waals surface area contributed by atoms with Crippen molar-refractivity contribution in [3.63, 3.8) is 0 Å². The van der Waals surface area contributed by atoms with Gasteiger partial charge in [0, 0.05) is 27.3 Å². The van der Waals surface area contributed by atoms with Crippen molar-refractivity contribution in [2.75, 3.05) is 20.6 Å². The normalized spacial score (nSPS) is 11.4. The molecular weight excluding hydrogens is 337 g/mol. The van der Waals surface area contributed by atoms with Gasteiger partial charge in [-0.1, -0.05) is 11.8 Å². The molecule has 0 aliphatic carbocycles. The van der Waals surface area contributed by atoms with Gasteiger partial charge in [-0.3, -0.25) is 4.79 Å². The monoisotopic (exact) mass is 352 g/mol. The number of aromatic nitrogens is 3. The number of hydrogen-bond acceptors (Lipinski definition) is 4. The molecule has 0 bridgehead atoms. The Bertz CT molecular complexity index is 873. The Labute approximate surface area is 141 Å². The Morgan fingerprint density at radius 1 is 1.44 bits per heavy atom. The van der Waals surface area contributed by atoms with E-state index < -0.39 is 18.6 Å². The zero-order valence-electron chi connectivity index (χ0n) is 13.7. The molecule has 0 unspecified atom stereocenters. The van der Waals surface area contributed by atoms with E-state index in [0.29, 0.717) is 22.4 Å². The zero-order valence-corrected chi connectivity index (χ0v) is 13.7. The highest BCUT2D eigenvalue weighted by Crippen LogP contribution is 2.26. The van der Waals surface area contributed by atoms with Gasteiger partial charge >= 0.3 is 12.1 Å². The van der Waals surface area contributed by atoms with Crippen molar-refractivity contribution < 1.29 is 18.0 Å². The van der Waals surface area contributed by atoms with Crippen LogP contribution in [-0.2, 0) is 11.8 Å². The van der Waals surface area contributed by atoms with Crippen LogP contribution in [0, 0.1) is 11.8 Å². The molecular formula is C15H15F3N6O. The average molecular weight is 352 g/mol. The maximum Gasteiger partial charge on any atom is 0.471 e. The van der Waals surface area contributed by atoms with Crippen LogP contribution in [-0.4, -0.2) is 58.5 Å². The van der Waals surface area contributed by atoms with E-state index in [1.54, 1.807) is 48.5 Å². The van der Waals surface area contributed by atoms with Crippen LogP contribution in [0.4, 0.5) is 19.0 Å². The summed E-state index contributed by atoms with van der Waals surface area (Å²) in [5.41, 5.74) is 1.09. The van der Waals surface area contributed by atoms with Gasteiger partial charge in [-0.25, -0.2) is 15.0 Å². The lowest BCUT2D eigenvalue weighted by Crippen LogP contribution is -2.36. The molecule has 10 heteroatoms. The minimum atomic E-state index is -4.93. The van der Waals surface area contributed by atoms with Crippen LogP contribution in [0.3, 0.4) is 0 Å². The van der Waals surface area contributed by atoms with Crippen molar-refractivity contribution in [3.8, 4) is 11.8 Å². The molecule has 2 aromatic rings. The van der Waals surface area contributed by atoms with Gasteiger partial charge in [-0.05, 0) is 0 Å². The van der Waals surface area contributed by atoms with Crippen LogP contribution >= 0.6 is 0 Å². The van der Waals surface area contributed by atoms with Gasteiger partial charge in [0.05, 0.1) is 23.8 Å². The number of carbonyl (C=O) groups excluding carboxylic acids is 1. The van der Waals surface area contributed by atoms with Crippen molar-refractivity contribution in [2.24, 2.45) is 12.0 Å². The van der Waals surface area contributed by atoms with Gasteiger partial charge < -0.3 is 14.8 Å². The predicted molar refractivity (Wildman–Crippen MR) is 86.3 cm³/mol. The summed E-state index contributed by atoms with van der Waals surface area (Å²) in [5, 5.41) is 2.27. The van der Waals surface area contributed by atoms with E-state index >= 15 is 0 Å². The minimum absolute atomic E-state index is 0.392. The Morgan fingerprint density at radius 3 is 2.80 bits per heavy atom. The van der Waals surface area contributed by atoms with Crippen molar-refractivity contribution in [1.82, 2.24) is 24.8 Å². The summed E-state index contributed by atoms with van der Waals surface area (Å²) >= 11 is 0. The highest BCUT2D eigenvalue weighted by Gasteiger charge is 2.38. The molecule has 0 aliphatic heterocycles. The minimum Gasteiger partial charge on any atom is -0.369 e. The quantitative estimate of drug-likeness (QED) is 0.512. The fourth-order valence-corrected chi connectivity index (χ4v) is 1.92. The second kappa shape index (κ2) is 7.21. The van der Waals surface area contributed by atoms with E-state index in [9.17, 15) is 18.0 Å². The molecule has 0 spiro atoms. The number of aliphatic imine (C=N–C) groups is 1. The second-order valence-corrected chi connectivity index (χ2v) is 5.24. The largest absolute Gasteiger partial charge is 0.471 e. The molecule has 0 saturated carbocycles. The molecule has 0 aromatic carbocycles. The summed E-state index contributed by atoms with van der Waals surface area (Å²) in [6.45, 7) is -0.432.